The number of hydrogen-bond donors (Lipinski definition) is 2. The molecule has 0 unspecified atom stereocenters. The number of anilines is 1. The number of imidazole rings is 1. The third kappa shape index (κ3) is 4.14. The summed E-state index contributed by atoms with van der Waals surface area (Å²) in [5.74, 6) is 1.10. The van der Waals surface area contributed by atoms with Gasteiger partial charge in [-0.2, -0.15) is 0 Å². The Balaban J connectivity index is 1.92. The van der Waals surface area contributed by atoms with Gasteiger partial charge >= 0.3 is 0 Å². The maximum absolute atomic E-state index is 12.2. The largest absolute Gasteiger partial charge is 0.382 e. The van der Waals surface area contributed by atoms with E-state index in [1.54, 1.807) is 0 Å². The topological polar surface area (TPSA) is 112 Å². The maximum Gasteiger partial charge on any atom is 0.209 e. The lowest BCUT2D eigenvalue weighted by atomic mass is 9.82. The van der Waals surface area contributed by atoms with E-state index in [4.69, 9.17) is 15.5 Å². The van der Waals surface area contributed by atoms with E-state index in [1.165, 1.54) is 6.26 Å². The number of nitrogens with zero attached hydrogens (tertiary/aromatic N) is 3. The molecular formula is C21H29N5O3S. The number of fused-ring (bicyclic) bond motifs is 3. The van der Waals surface area contributed by atoms with Crippen molar-refractivity contribution in [2.45, 2.75) is 57.7 Å². The van der Waals surface area contributed by atoms with Gasteiger partial charge in [0, 0.05) is 18.5 Å². The third-order valence-corrected chi connectivity index (χ3v) is 6.60. The molecule has 3 N–H and O–H groups in total. The highest BCUT2D eigenvalue weighted by atomic mass is 32.2. The number of aromatic nitrogens is 3. The van der Waals surface area contributed by atoms with Crippen LogP contribution in [0.4, 0.5) is 5.82 Å². The molecule has 0 spiro atoms. The van der Waals surface area contributed by atoms with Crippen molar-refractivity contribution in [3.05, 3.63) is 30.1 Å². The van der Waals surface area contributed by atoms with Crippen molar-refractivity contribution < 1.29 is 13.2 Å². The molecule has 1 saturated carbocycles. The zero-order valence-corrected chi connectivity index (χ0v) is 18.3. The van der Waals surface area contributed by atoms with E-state index < -0.39 is 15.6 Å². The van der Waals surface area contributed by atoms with Gasteiger partial charge in [-0.1, -0.05) is 37.5 Å². The number of hydrogen-bond acceptors (Lipinski definition) is 6. The number of benzene rings is 1. The second kappa shape index (κ2) is 8.13. The van der Waals surface area contributed by atoms with Gasteiger partial charge in [0.15, 0.2) is 5.82 Å². The SMILES string of the molecule is CCOCc1nc2c(N)nc3ccccc3c2n1CC1(NS(C)(=O)=O)CCCCC1. The Morgan fingerprint density at radius 2 is 1.93 bits per heavy atom. The van der Waals surface area contributed by atoms with Crippen molar-refractivity contribution in [1.82, 2.24) is 19.3 Å². The van der Waals surface area contributed by atoms with Gasteiger partial charge in [0.25, 0.3) is 0 Å². The van der Waals surface area contributed by atoms with Crippen LogP contribution in [0.15, 0.2) is 24.3 Å². The van der Waals surface area contributed by atoms with Crippen LogP contribution in [0.1, 0.15) is 44.9 Å². The number of nitrogen functional groups attached to an aromatic ring is 1. The van der Waals surface area contributed by atoms with E-state index >= 15 is 0 Å². The van der Waals surface area contributed by atoms with E-state index in [1.807, 2.05) is 31.2 Å². The Labute approximate surface area is 176 Å². The number of ether oxygens (including phenoxy) is 1. The minimum absolute atomic E-state index is 0.327. The molecule has 4 rings (SSSR count). The lowest BCUT2D eigenvalue weighted by molar-refractivity contribution is 0.123. The van der Waals surface area contributed by atoms with Gasteiger partial charge in [0.1, 0.15) is 17.9 Å². The first-order valence-electron chi connectivity index (χ1n) is 10.4. The van der Waals surface area contributed by atoms with Crippen molar-refractivity contribution in [1.29, 1.82) is 0 Å². The predicted molar refractivity (Wildman–Crippen MR) is 119 cm³/mol. The molecule has 30 heavy (non-hydrogen) atoms. The summed E-state index contributed by atoms with van der Waals surface area (Å²) in [6.07, 6.45) is 5.89. The number of sulfonamides is 1. The average Bonchev–Trinajstić information content (AvgIpc) is 3.04. The van der Waals surface area contributed by atoms with Crippen molar-refractivity contribution in [3.63, 3.8) is 0 Å². The molecule has 0 radical (unpaired) electrons. The Hall–Kier alpha value is -2.23. The molecule has 162 valence electrons. The summed E-state index contributed by atoms with van der Waals surface area (Å²) in [5.41, 5.74) is 8.01. The van der Waals surface area contributed by atoms with E-state index in [0.717, 1.165) is 54.3 Å². The fraction of sp³-hybridized carbons (Fsp3) is 0.524. The molecule has 1 aliphatic carbocycles. The number of nitrogens with one attached hydrogen (secondary N) is 1. The summed E-state index contributed by atoms with van der Waals surface area (Å²) in [6, 6.07) is 7.82. The van der Waals surface area contributed by atoms with Crippen LogP contribution in [0.5, 0.6) is 0 Å². The van der Waals surface area contributed by atoms with Crippen molar-refractivity contribution in [3.8, 4) is 0 Å². The second-order valence-electron chi connectivity index (χ2n) is 8.18. The predicted octanol–water partition coefficient (Wildman–Crippen LogP) is 2.96. The standard InChI is InChI=1S/C21H29N5O3S/c1-3-29-13-17-24-18-19(15-9-5-6-10-16(15)23-20(18)22)26(17)14-21(25-30(2,27)28)11-7-4-8-12-21/h5-6,9-10,25H,3-4,7-8,11-14H2,1-2H3,(H2,22,23). The van der Waals surface area contributed by atoms with E-state index in [-0.39, 0.29) is 0 Å². The van der Waals surface area contributed by atoms with Crippen LogP contribution in [-0.2, 0) is 27.9 Å². The van der Waals surface area contributed by atoms with Gasteiger partial charge in [0.2, 0.25) is 10.0 Å². The molecule has 0 atom stereocenters. The normalized spacial score (nSPS) is 17.0. The fourth-order valence-electron chi connectivity index (χ4n) is 4.60. The summed E-state index contributed by atoms with van der Waals surface area (Å²) in [4.78, 5) is 9.28. The fourth-order valence-corrected chi connectivity index (χ4v) is 5.65. The number of nitrogens with two attached hydrogens (primary N) is 1. The summed E-state index contributed by atoms with van der Waals surface area (Å²) in [6.45, 7) is 3.30. The van der Waals surface area contributed by atoms with Gasteiger partial charge < -0.3 is 15.0 Å². The summed E-state index contributed by atoms with van der Waals surface area (Å²) >= 11 is 0. The van der Waals surface area contributed by atoms with Gasteiger partial charge in [-0.25, -0.2) is 23.1 Å². The molecule has 1 aromatic carbocycles. The number of rotatable bonds is 7. The van der Waals surface area contributed by atoms with Gasteiger partial charge in [-0.05, 0) is 25.8 Å². The summed E-state index contributed by atoms with van der Waals surface area (Å²) < 4.78 is 35.2. The van der Waals surface area contributed by atoms with Crippen LogP contribution in [0.25, 0.3) is 21.9 Å². The molecule has 9 heteroatoms. The Kier molecular flexibility index (Phi) is 5.69. The van der Waals surface area contributed by atoms with Crippen LogP contribution in [0.3, 0.4) is 0 Å². The monoisotopic (exact) mass is 431 g/mol. The molecule has 0 aliphatic heterocycles. The highest BCUT2D eigenvalue weighted by Gasteiger charge is 2.36. The minimum atomic E-state index is -3.37. The van der Waals surface area contributed by atoms with Crippen LogP contribution < -0.4 is 10.5 Å². The number of pyridine rings is 1. The Morgan fingerprint density at radius 3 is 2.63 bits per heavy atom. The van der Waals surface area contributed by atoms with Gasteiger partial charge in [-0.15, -0.1) is 0 Å². The first-order valence-corrected chi connectivity index (χ1v) is 12.3. The Morgan fingerprint density at radius 1 is 1.20 bits per heavy atom. The van der Waals surface area contributed by atoms with Crippen LogP contribution in [-0.4, -0.2) is 41.4 Å². The first kappa shape index (κ1) is 21.0. The average molecular weight is 432 g/mol. The van der Waals surface area contributed by atoms with Gasteiger partial charge in [-0.3, -0.25) is 0 Å². The second-order valence-corrected chi connectivity index (χ2v) is 9.93. The van der Waals surface area contributed by atoms with Gasteiger partial charge in [0.05, 0.1) is 22.8 Å². The molecule has 2 aromatic heterocycles. The summed E-state index contributed by atoms with van der Waals surface area (Å²) in [7, 11) is -3.37. The van der Waals surface area contributed by atoms with E-state index in [9.17, 15) is 8.42 Å². The minimum Gasteiger partial charge on any atom is -0.382 e. The van der Waals surface area contributed by atoms with Crippen molar-refractivity contribution in [2.24, 2.45) is 0 Å². The zero-order valence-electron chi connectivity index (χ0n) is 17.5. The first-order chi connectivity index (χ1) is 14.3. The van der Waals surface area contributed by atoms with Crippen molar-refractivity contribution >= 4 is 37.8 Å². The Bertz CT molecular complexity index is 1170. The maximum atomic E-state index is 12.2. The molecule has 0 bridgehead atoms. The summed E-state index contributed by atoms with van der Waals surface area (Å²) in [5, 5.41) is 0.947. The zero-order chi connectivity index (χ0) is 21.4. The molecule has 1 aliphatic rings. The van der Waals surface area contributed by atoms with Crippen molar-refractivity contribution in [2.75, 3.05) is 18.6 Å². The lowest BCUT2D eigenvalue weighted by Gasteiger charge is -2.38. The smallest absolute Gasteiger partial charge is 0.209 e. The highest BCUT2D eigenvalue weighted by molar-refractivity contribution is 7.88. The number of para-hydroxylation sites is 1. The van der Waals surface area contributed by atoms with E-state index in [0.29, 0.717) is 31.1 Å². The quantitative estimate of drug-likeness (QED) is 0.595. The lowest BCUT2D eigenvalue weighted by Crippen LogP contribution is -2.52. The highest BCUT2D eigenvalue weighted by Crippen LogP contribution is 2.35. The third-order valence-electron chi connectivity index (χ3n) is 5.80. The molecule has 8 nitrogen and oxygen atoms in total. The molecule has 3 aromatic rings. The molecule has 0 amide bonds. The molecular weight excluding hydrogens is 402 g/mol. The molecule has 0 saturated heterocycles. The molecule has 2 heterocycles. The van der Waals surface area contributed by atoms with Crippen LogP contribution >= 0.6 is 0 Å². The van der Waals surface area contributed by atoms with Crippen LogP contribution in [0.2, 0.25) is 0 Å². The van der Waals surface area contributed by atoms with Crippen LogP contribution in [0, 0.1) is 0 Å². The molecule has 1 fully saturated rings. The van der Waals surface area contributed by atoms with E-state index in [2.05, 4.69) is 14.3 Å².